The van der Waals surface area contributed by atoms with Gasteiger partial charge in [0.2, 0.25) is 5.95 Å². The Morgan fingerprint density at radius 3 is 2.74 bits per heavy atom. The van der Waals surface area contributed by atoms with Gasteiger partial charge in [-0.3, -0.25) is 0 Å². The molecule has 1 unspecified atom stereocenters. The van der Waals surface area contributed by atoms with Crippen molar-refractivity contribution in [2.24, 2.45) is 0 Å². The van der Waals surface area contributed by atoms with Crippen molar-refractivity contribution in [1.82, 2.24) is 19.5 Å². The molecule has 2 aliphatic heterocycles. The minimum Gasteiger partial charge on any atom is -0.494 e. The Kier molecular flexibility index (Phi) is 5.70. The first kappa shape index (κ1) is 23.4. The second kappa shape index (κ2) is 9.25. The molecule has 3 atom stereocenters. The zero-order chi connectivity index (χ0) is 25.8. The molecule has 10 heteroatoms. The molecule has 7 rings (SSSR count). The van der Waals surface area contributed by atoms with E-state index in [1.165, 1.54) is 17.7 Å². The van der Waals surface area contributed by atoms with Gasteiger partial charge >= 0.3 is 0 Å². The highest BCUT2D eigenvalue weighted by Gasteiger charge is 2.42. The second-order valence-corrected chi connectivity index (χ2v) is 10.4. The van der Waals surface area contributed by atoms with Gasteiger partial charge in [-0.15, -0.1) is 0 Å². The van der Waals surface area contributed by atoms with Crippen LogP contribution in [0, 0.1) is 5.82 Å². The molecule has 2 aromatic carbocycles. The fourth-order valence-electron chi connectivity index (χ4n) is 5.94. The van der Waals surface area contributed by atoms with Crippen molar-refractivity contribution >= 4 is 29.1 Å². The van der Waals surface area contributed by atoms with E-state index in [1.807, 2.05) is 34.9 Å². The Morgan fingerprint density at radius 1 is 1.16 bits per heavy atom. The van der Waals surface area contributed by atoms with Gasteiger partial charge in [0.1, 0.15) is 28.9 Å². The van der Waals surface area contributed by atoms with Gasteiger partial charge in [-0.2, -0.15) is 4.98 Å². The maximum Gasteiger partial charge on any atom is 0.229 e. The monoisotopic (exact) mass is 532 g/mol. The molecule has 3 aliphatic rings. The molecule has 0 saturated carbocycles. The second-order valence-electron chi connectivity index (χ2n) is 9.99. The summed E-state index contributed by atoms with van der Waals surface area (Å²) in [6.45, 7) is 1.56. The third-order valence-electron chi connectivity index (χ3n) is 7.74. The van der Waals surface area contributed by atoms with E-state index in [0.29, 0.717) is 22.9 Å². The first-order valence-electron chi connectivity index (χ1n) is 12.7. The highest BCUT2D eigenvalue weighted by molar-refractivity contribution is 6.29. The number of aromatic nitrogens is 4. The molecule has 2 aromatic heterocycles. The van der Waals surface area contributed by atoms with Crippen LogP contribution in [-0.2, 0) is 11.2 Å². The number of imidazole rings is 1. The quantitative estimate of drug-likeness (QED) is 0.363. The fraction of sp³-hybridized carbons (Fsp3) is 0.321. The number of hydrogen-bond acceptors (Lipinski definition) is 7. The van der Waals surface area contributed by atoms with Crippen molar-refractivity contribution in [3.05, 3.63) is 82.8 Å². The van der Waals surface area contributed by atoms with E-state index in [0.717, 1.165) is 60.9 Å². The van der Waals surface area contributed by atoms with Crippen molar-refractivity contribution < 1.29 is 13.9 Å². The summed E-state index contributed by atoms with van der Waals surface area (Å²) in [5.74, 6) is 2.02. The van der Waals surface area contributed by atoms with Crippen LogP contribution >= 0.6 is 11.6 Å². The molecular formula is C28H26ClFN6O2. The first-order chi connectivity index (χ1) is 18.6. The topological polar surface area (TPSA) is 77.3 Å². The van der Waals surface area contributed by atoms with Gasteiger partial charge < -0.3 is 24.3 Å². The molecule has 1 aliphatic carbocycles. The van der Waals surface area contributed by atoms with E-state index in [-0.39, 0.29) is 17.8 Å². The van der Waals surface area contributed by atoms with Crippen LogP contribution in [0.4, 0.5) is 21.8 Å². The van der Waals surface area contributed by atoms with Crippen LogP contribution in [0.2, 0.25) is 5.15 Å². The molecule has 0 amide bonds. The Labute approximate surface area is 224 Å². The van der Waals surface area contributed by atoms with E-state index < -0.39 is 0 Å². The number of benzene rings is 2. The minimum atomic E-state index is -0.235. The summed E-state index contributed by atoms with van der Waals surface area (Å²) in [5.41, 5.74) is 4.87. The summed E-state index contributed by atoms with van der Waals surface area (Å²) >= 11 is 6.01. The summed E-state index contributed by atoms with van der Waals surface area (Å²) < 4.78 is 27.0. The Hall–Kier alpha value is -3.69. The smallest absolute Gasteiger partial charge is 0.229 e. The van der Waals surface area contributed by atoms with Crippen molar-refractivity contribution in [3.63, 3.8) is 0 Å². The van der Waals surface area contributed by atoms with Gasteiger partial charge in [-0.1, -0.05) is 23.7 Å². The van der Waals surface area contributed by atoms with E-state index in [9.17, 15) is 4.39 Å². The van der Waals surface area contributed by atoms with Crippen LogP contribution < -0.4 is 15.0 Å². The number of methoxy groups -OCH3 is 1. The summed E-state index contributed by atoms with van der Waals surface area (Å²) in [5, 5.41) is 3.82. The lowest BCUT2D eigenvalue weighted by atomic mass is 9.96. The van der Waals surface area contributed by atoms with E-state index in [1.54, 1.807) is 19.6 Å². The number of rotatable bonds is 6. The Balaban J connectivity index is 1.27. The normalized spacial score (nSPS) is 21.7. The summed E-state index contributed by atoms with van der Waals surface area (Å²) in [4.78, 5) is 16.5. The van der Waals surface area contributed by atoms with Crippen molar-refractivity contribution in [2.45, 2.75) is 37.3 Å². The van der Waals surface area contributed by atoms with Crippen molar-refractivity contribution in [2.75, 3.05) is 30.5 Å². The first-order valence-corrected chi connectivity index (χ1v) is 13.1. The largest absolute Gasteiger partial charge is 0.494 e. The van der Waals surface area contributed by atoms with Gasteiger partial charge in [0, 0.05) is 36.0 Å². The number of ether oxygens (including phenoxy) is 2. The number of fused-ring (bicyclic) bond motifs is 3. The lowest BCUT2D eigenvalue weighted by Crippen LogP contribution is -2.38. The molecular weight excluding hydrogens is 507 g/mol. The standard InChI is InChI=1S/C28H26ClFN6O2/c1-37-24-10-18(6-9-23(24)35-13-25(29)31-15-35)32-28-33-26-21(16-2-4-17(30)5-3-16)7-8-22(26)27(34-28)36-12-20-11-19(36)14-38-20/h2-6,9-10,13,15,19-21H,7-8,11-12,14H2,1H3,(H,32,33,34)/t19-,20+,21?/m0/s1. The summed E-state index contributed by atoms with van der Waals surface area (Å²) in [7, 11) is 1.63. The van der Waals surface area contributed by atoms with Crippen LogP contribution in [0.15, 0.2) is 55.0 Å². The number of nitrogens with zero attached hydrogens (tertiary/aromatic N) is 5. The molecule has 2 bridgehead atoms. The lowest BCUT2D eigenvalue weighted by Gasteiger charge is -2.30. The average Bonchev–Trinajstić information content (AvgIpc) is 3.73. The molecule has 8 nitrogen and oxygen atoms in total. The molecule has 0 spiro atoms. The maximum atomic E-state index is 13.7. The van der Waals surface area contributed by atoms with Gasteiger partial charge in [-0.05, 0) is 49.1 Å². The van der Waals surface area contributed by atoms with E-state index in [2.05, 4.69) is 15.2 Å². The van der Waals surface area contributed by atoms with Crippen LogP contribution in [0.25, 0.3) is 5.69 Å². The van der Waals surface area contributed by atoms with Crippen LogP contribution in [-0.4, -0.2) is 51.9 Å². The summed E-state index contributed by atoms with van der Waals surface area (Å²) in [6, 6.07) is 12.9. The third-order valence-corrected chi connectivity index (χ3v) is 7.94. The SMILES string of the molecule is COc1cc(Nc2nc3c(c(N4C[C@H]5C[C@H]4CO5)n2)CCC3c2ccc(F)cc2)ccc1-n1cnc(Cl)c1. The van der Waals surface area contributed by atoms with Crippen molar-refractivity contribution in [1.29, 1.82) is 0 Å². The number of hydrogen-bond donors (Lipinski definition) is 1. The molecule has 2 saturated heterocycles. The average molecular weight is 533 g/mol. The van der Waals surface area contributed by atoms with Crippen LogP contribution in [0.3, 0.4) is 0 Å². The molecule has 1 N–H and O–H groups in total. The van der Waals surface area contributed by atoms with Crippen LogP contribution in [0.1, 0.15) is 35.6 Å². The number of anilines is 3. The fourth-order valence-corrected chi connectivity index (χ4v) is 6.09. The molecule has 2 fully saturated rings. The molecule has 4 aromatic rings. The highest BCUT2D eigenvalue weighted by atomic mass is 35.5. The zero-order valence-electron chi connectivity index (χ0n) is 20.8. The zero-order valence-corrected chi connectivity index (χ0v) is 21.5. The molecule has 194 valence electrons. The predicted molar refractivity (Wildman–Crippen MR) is 142 cm³/mol. The maximum absolute atomic E-state index is 13.7. The third kappa shape index (κ3) is 4.06. The number of nitrogens with one attached hydrogen (secondary N) is 1. The molecule has 38 heavy (non-hydrogen) atoms. The molecule has 0 radical (unpaired) electrons. The van der Waals surface area contributed by atoms with Gasteiger partial charge in [0.15, 0.2) is 0 Å². The highest BCUT2D eigenvalue weighted by Crippen LogP contribution is 2.44. The Morgan fingerprint density at radius 2 is 2.03 bits per heavy atom. The van der Waals surface area contributed by atoms with Gasteiger partial charge in [0.25, 0.3) is 0 Å². The minimum absolute atomic E-state index is 0.0897. The number of halogens is 2. The van der Waals surface area contributed by atoms with Crippen LogP contribution in [0.5, 0.6) is 5.75 Å². The van der Waals surface area contributed by atoms with E-state index >= 15 is 0 Å². The lowest BCUT2D eigenvalue weighted by molar-refractivity contribution is 0.0988. The Bertz CT molecular complexity index is 1510. The molecule has 4 heterocycles. The predicted octanol–water partition coefficient (Wildman–Crippen LogP) is 5.26. The van der Waals surface area contributed by atoms with E-state index in [4.69, 9.17) is 31.0 Å². The number of morpholine rings is 1. The van der Waals surface area contributed by atoms with Gasteiger partial charge in [0.05, 0.1) is 37.2 Å². The summed E-state index contributed by atoms with van der Waals surface area (Å²) in [6.07, 6.45) is 6.46. The van der Waals surface area contributed by atoms with Crippen molar-refractivity contribution in [3.8, 4) is 11.4 Å². The van der Waals surface area contributed by atoms with Gasteiger partial charge in [-0.25, -0.2) is 14.4 Å².